The van der Waals surface area contributed by atoms with E-state index in [1.807, 2.05) is 13.8 Å². The maximum atomic E-state index is 13.4. The van der Waals surface area contributed by atoms with E-state index in [4.69, 9.17) is 4.74 Å². The first-order valence-electron chi connectivity index (χ1n) is 13.5. The highest BCUT2D eigenvalue weighted by molar-refractivity contribution is 6.06. The van der Waals surface area contributed by atoms with Gasteiger partial charge >= 0.3 is 5.97 Å². The van der Waals surface area contributed by atoms with Crippen molar-refractivity contribution in [1.82, 2.24) is 4.90 Å². The van der Waals surface area contributed by atoms with Gasteiger partial charge in [-0.3, -0.25) is 19.3 Å². The summed E-state index contributed by atoms with van der Waals surface area (Å²) in [6.07, 6.45) is 8.23. The first-order chi connectivity index (χ1) is 17.3. The largest absolute Gasteiger partial charge is 0.462 e. The van der Waals surface area contributed by atoms with Crippen LogP contribution in [0.15, 0.2) is 36.4 Å². The number of hydrogen-bond donors (Lipinski definition) is 1. The molecule has 0 unspecified atom stereocenters. The van der Waals surface area contributed by atoms with Crippen LogP contribution in [0.4, 0.5) is 5.69 Å². The van der Waals surface area contributed by atoms with Crippen molar-refractivity contribution >= 4 is 29.4 Å². The van der Waals surface area contributed by atoms with Crippen LogP contribution in [-0.2, 0) is 19.1 Å². The molecule has 1 aliphatic heterocycles. The number of nitrogens with zero attached hydrogens (tertiary/aromatic N) is 1. The summed E-state index contributed by atoms with van der Waals surface area (Å²) in [6, 6.07) is 6.65. The molecule has 1 N–H and O–H groups in total. The predicted molar refractivity (Wildman–Crippen MR) is 132 cm³/mol. The molecule has 6 atom stereocenters. The number of hydrogen-bond acceptors (Lipinski definition) is 5. The van der Waals surface area contributed by atoms with Gasteiger partial charge in [-0.1, -0.05) is 26.0 Å². The number of esters is 1. The van der Waals surface area contributed by atoms with Crippen LogP contribution in [0.1, 0.15) is 56.3 Å². The molecule has 1 aromatic rings. The molecule has 0 radical (unpaired) electrons. The molecule has 5 aliphatic carbocycles. The van der Waals surface area contributed by atoms with E-state index in [0.717, 1.165) is 0 Å². The second-order valence-electron chi connectivity index (χ2n) is 11.8. The molecule has 0 spiro atoms. The Morgan fingerprint density at radius 2 is 1.53 bits per heavy atom. The number of carbonyl (C=O) groups is 4. The topological polar surface area (TPSA) is 92.8 Å². The van der Waals surface area contributed by atoms with Gasteiger partial charge in [-0.25, -0.2) is 4.79 Å². The van der Waals surface area contributed by atoms with Crippen LogP contribution in [0, 0.1) is 47.3 Å². The molecular formula is C29H34N2O5. The lowest BCUT2D eigenvalue weighted by molar-refractivity contribution is -0.144. The molecule has 7 heteroatoms. The smallest absolute Gasteiger partial charge is 0.338 e. The zero-order chi connectivity index (χ0) is 25.1. The van der Waals surface area contributed by atoms with Gasteiger partial charge in [0.25, 0.3) is 0 Å². The normalized spacial score (nSPS) is 36.0. The molecule has 2 bridgehead atoms. The molecular weight excluding hydrogens is 456 g/mol. The van der Waals surface area contributed by atoms with E-state index in [0.29, 0.717) is 55.4 Å². The van der Waals surface area contributed by atoms with Crippen molar-refractivity contribution < 1.29 is 23.9 Å². The Hall–Kier alpha value is -2.96. The lowest BCUT2D eigenvalue weighted by Gasteiger charge is -2.37. The molecule has 1 aromatic carbocycles. The number of allylic oxidation sites excluding steroid dienone is 2. The van der Waals surface area contributed by atoms with Gasteiger partial charge in [0, 0.05) is 17.6 Å². The highest BCUT2D eigenvalue weighted by Crippen LogP contribution is 2.65. The monoisotopic (exact) mass is 490 g/mol. The summed E-state index contributed by atoms with van der Waals surface area (Å²) in [5.41, 5.74) is 1.09. The molecule has 190 valence electrons. The van der Waals surface area contributed by atoms with Crippen LogP contribution in [0.3, 0.4) is 0 Å². The fourth-order valence-electron chi connectivity index (χ4n) is 7.20. The van der Waals surface area contributed by atoms with Crippen molar-refractivity contribution in [1.29, 1.82) is 0 Å². The summed E-state index contributed by atoms with van der Waals surface area (Å²) in [7, 11) is 0. The van der Waals surface area contributed by atoms with E-state index >= 15 is 0 Å². The molecule has 3 amide bonds. The predicted octanol–water partition coefficient (Wildman–Crippen LogP) is 4.05. The molecule has 4 fully saturated rings. The zero-order valence-electron chi connectivity index (χ0n) is 20.9. The Morgan fingerprint density at radius 3 is 2.08 bits per heavy atom. The Kier molecular flexibility index (Phi) is 5.77. The molecule has 7 rings (SSSR count). The highest BCUT2D eigenvalue weighted by atomic mass is 16.5. The van der Waals surface area contributed by atoms with Crippen LogP contribution in [0.25, 0.3) is 0 Å². The van der Waals surface area contributed by atoms with E-state index in [-0.39, 0.29) is 65.2 Å². The van der Waals surface area contributed by atoms with Crippen LogP contribution < -0.4 is 5.32 Å². The number of amides is 3. The quantitative estimate of drug-likeness (QED) is 0.369. The lowest BCUT2D eigenvalue weighted by atomic mass is 9.63. The van der Waals surface area contributed by atoms with Gasteiger partial charge in [-0.2, -0.15) is 0 Å². The highest BCUT2D eigenvalue weighted by Gasteiger charge is 2.67. The third-order valence-corrected chi connectivity index (χ3v) is 9.07. The number of nitrogens with one attached hydrogen (secondary N) is 1. The minimum atomic E-state index is -0.369. The molecule has 3 saturated carbocycles. The number of ether oxygens (including phenoxy) is 1. The summed E-state index contributed by atoms with van der Waals surface area (Å²) in [5, 5.41) is 2.95. The Labute approximate surface area is 211 Å². The second kappa shape index (κ2) is 8.86. The van der Waals surface area contributed by atoms with Crippen LogP contribution >= 0.6 is 0 Å². The molecule has 1 heterocycles. The van der Waals surface area contributed by atoms with Crippen molar-refractivity contribution in [3.8, 4) is 0 Å². The number of anilines is 1. The van der Waals surface area contributed by atoms with Crippen molar-refractivity contribution in [2.75, 3.05) is 11.9 Å². The summed E-state index contributed by atoms with van der Waals surface area (Å²) in [4.78, 5) is 53.3. The molecule has 1 saturated heterocycles. The van der Waals surface area contributed by atoms with Crippen LogP contribution in [-0.4, -0.2) is 41.2 Å². The average molecular weight is 491 g/mol. The van der Waals surface area contributed by atoms with Crippen molar-refractivity contribution in [2.45, 2.75) is 52.0 Å². The van der Waals surface area contributed by atoms with E-state index < -0.39 is 0 Å². The Bertz CT molecular complexity index is 1080. The summed E-state index contributed by atoms with van der Waals surface area (Å²) >= 11 is 0. The maximum Gasteiger partial charge on any atom is 0.338 e. The van der Waals surface area contributed by atoms with Gasteiger partial charge in [0.05, 0.1) is 24.0 Å². The first-order valence-corrected chi connectivity index (χ1v) is 13.5. The Balaban J connectivity index is 1.03. The zero-order valence-corrected chi connectivity index (χ0v) is 20.9. The van der Waals surface area contributed by atoms with E-state index in [1.165, 1.54) is 6.42 Å². The fourth-order valence-corrected chi connectivity index (χ4v) is 7.20. The third kappa shape index (κ3) is 3.87. The fraction of sp³-hybridized carbons (Fsp3) is 0.586. The first kappa shape index (κ1) is 23.4. The van der Waals surface area contributed by atoms with Gasteiger partial charge < -0.3 is 10.1 Å². The van der Waals surface area contributed by atoms with Crippen LogP contribution in [0.5, 0.6) is 0 Å². The number of rotatable bonds is 6. The van der Waals surface area contributed by atoms with Gasteiger partial charge in [-0.05, 0) is 86.0 Å². The Morgan fingerprint density at radius 1 is 0.944 bits per heavy atom. The van der Waals surface area contributed by atoms with Gasteiger partial charge in [0.15, 0.2) is 0 Å². The van der Waals surface area contributed by atoms with Gasteiger partial charge in [0.2, 0.25) is 17.7 Å². The average Bonchev–Trinajstić information content (AvgIpc) is 3.66. The molecule has 36 heavy (non-hydrogen) atoms. The van der Waals surface area contributed by atoms with Crippen molar-refractivity contribution in [3.05, 3.63) is 42.0 Å². The maximum absolute atomic E-state index is 13.4. The number of imide groups is 1. The second-order valence-corrected chi connectivity index (χ2v) is 11.8. The number of benzene rings is 1. The van der Waals surface area contributed by atoms with E-state index in [9.17, 15) is 19.2 Å². The minimum Gasteiger partial charge on any atom is -0.462 e. The summed E-state index contributed by atoms with van der Waals surface area (Å²) in [6.45, 7) is 4.33. The molecule has 7 nitrogen and oxygen atoms in total. The van der Waals surface area contributed by atoms with Crippen LogP contribution in [0.2, 0.25) is 0 Å². The standard InChI is InChI=1S/C29H34N2O5/c1-15(2)14-36-29(35)17-3-7-18(8-4-17)30-26(32)16-5-9-19(10-6-16)31-27(33)24-20-11-12-21(23-13-22(20)23)25(24)28(31)34/h3-4,7-8,11-12,15-16,19-25H,5-6,9-10,13-14H2,1-2H3,(H,30,32)/t16?,19?,20-,21-,22-,23-,24-,25+/m1/s1. The summed E-state index contributed by atoms with van der Waals surface area (Å²) in [5.74, 6) is 1.17. The van der Waals surface area contributed by atoms with Gasteiger partial charge in [0.1, 0.15) is 0 Å². The number of likely N-dealkylation sites (tertiary alicyclic amines) is 1. The van der Waals surface area contributed by atoms with E-state index in [2.05, 4.69) is 17.5 Å². The van der Waals surface area contributed by atoms with Crippen molar-refractivity contribution in [2.24, 2.45) is 47.3 Å². The molecule has 6 aliphatic rings. The van der Waals surface area contributed by atoms with Gasteiger partial charge in [-0.15, -0.1) is 0 Å². The third-order valence-electron chi connectivity index (χ3n) is 9.07. The van der Waals surface area contributed by atoms with Crippen molar-refractivity contribution in [3.63, 3.8) is 0 Å². The lowest BCUT2D eigenvalue weighted by Crippen LogP contribution is -2.44. The number of carbonyl (C=O) groups excluding carboxylic acids is 4. The SMILES string of the molecule is CC(C)COC(=O)c1ccc(NC(=O)C2CCC(N3C(=O)[C@@H]4[C@@H]5C=C[C@H]([C@H]6C[C@H]56)[C@@H]4C3=O)CC2)cc1. The minimum absolute atomic E-state index is 0.0367. The molecule has 0 aromatic heterocycles. The summed E-state index contributed by atoms with van der Waals surface area (Å²) < 4.78 is 5.24. The van der Waals surface area contributed by atoms with E-state index in [1.54, 1.807) is 29.2 Å².